The zero-order valence-electron chi connectivity index (χ0n) is 14.5. The molecule has 136 valence electrons. The lowest BCUT2D eigenvalue weighted by Gasteiger charge is -2.20. The maximum atomic E-state index is 12.6. The molecule has 2 N–H and O–H groups in total. The van der Waals surface area contributed by atoms with Crippen molar-refractivity contribution in [3.05, 3.63) is 74.0 Å². The Labute approximate surface area is 153 Å². The smallest absolute Gasteiger partial charge is 0.336 e. The summed E-state index contributed by atoms with van der Waals surface area (Å²) in [6.07, 6.45) is 1.00. The summed E-state index contributed by atoms with van der Waals surface area (Å²) < 4.78 is 5.05. The van der Waals surface area contributed by atoms with Crippen molar-refractivity contribution in [1.82, 2.24) is 4.98 Å². The first-order chi connectivity index (χ1) is 12.9. The van der Waals surface area contributed by atoms with Gasteiger partial charge < -0.3 is 14.7 Å². The Balaban J connectivity index is 1.66. The van der Waals surface area contributed by atoms with Crippen molar-refractivity contribution in [2.75, 3.05) is 5.32 Å². The van der Waals surface area contributed by atoms with Gasteiger partial charge in [-0.1, -0.05) is 6.92 Å². The number of anilines is 1. The van der Waals surface area contributed by atoms with Crippen LogP contribution in [0.4, 0.5) is 5.69 Å². The van der Waals surface area contributed by atoms with E-state index in [2.05, 4.69) is 10.3 Å². The van der Waals surface area contributed by atoms with Crippen LogP contribution in [-0.2, 0) is 6.42 Å². The van der Waals surface area contributed by atoms with E-state index in [1.807, 2.05) is 6.92 Å². The molecule has 1 aromatic carbocycles. The zero-order valence-corrected chi connectivity index (χ0v) is 14.5. The second kappa shape index (κ2) is 6.35. The number of hydrogen-bond acceptors (Lipinski definition) is 5. The highest BCUT2D eigenvalue weighted by molar-refractivity contribution is 6.07. The number of carbonyl (C=O) groups excluding carboxylic acids is 2. The van der Waals surface area contributed by atoms with Gasteiger partial charge in [-0.3, -0.25) is 14.4 Å². The van der Waals surface area contributed by atoms with Crippen molar-refractivity contribution >= 4 is 28.3 Å². The van der Waals surface area contributed by atoms with Crippen molar-refractivity contribution in [2.24, 2.45) is 5.92 Å². The van der Waals surface area contributed by atoms with Crippen molar-refractivity contribution in [1.29, 1.82) is 0 Å². The molecule has 0 saturated carbocycles. The normalized spacial score (nSPS) is 16.2. The van der Waals surface area contributed by atoms with Crippen molar-refractivity contribution in [3.63, 3.8) is 0 Å². The number of carbonyl (C=O) groups is 2. The van der Waals surface area contributed by atoms with E-state index in [0.29, 0.717) is 40.8 Å². The van der Waals surface area contributed by atoms with E-state index in [9.17, 15) is 19.2 Å². The van der Waals surface area contributed by atoms with Gasteiger partial charge in [0.25, 0.3) is 11.5 Å². The number of hydrogen-bond donors (Lipinski definition) is 2. The third kappa shape index (κ3) is 3.19. The maximum Gasteiger partial charge on any atom is 0.336 e. The first-order valence-corrected chi connectivity index (χ1v) is 8.55. The lowest BCUT2D eigenvalue weighted by Crippen LogP contribution is -2.29. The first-order valence-electron chi connectivity index (χ1n) is 8.55. The van der Waals surface area contributed by atoms with Gasteiger partial charge in [0.05, 0.1) is 0 Å². The Morgan fingerprint density at radius 2 is 1.93 bits per heavy atom. The molecule has 2 heterocycles. The molecule has 1 aliphatic carbocycles. The van der Waals surface area contributed by atoms with Crippen LogP contribution < -0.4 is 16.5 Å². The second-order valence-corrected chi connectivity index (χ2v) is 6.80. The van der Waals surface area contributed by atoms with Crippen LogP contribution in [0.5, 0.6) is 0 Å². The minimum atomic E-state index is -0.609. The Kier molecular flexibility index (Phi) is 3.99. The number of Topliss-reactive ketones (excluding diaryl/α,β-unsaturated/α-hetero) is 1. The minimum Gasteiger partial charge on any atom is -0.423 e. The van der Waals surface area contributed by atoms with Crippen molar-refractivity contribution in [3.8, 4) is 0 Å². The van der Waals surface area contributed by atoms with Gasteiger partial charge in [0.15, 0.2) is 5.78 Å². The molecule has 1 aliphatic rings. The number of pyridine rings is 1. The zero-order chi connectivity index (χ0) is 19.1. The summed E-state index contributed by atoms with van der Waals surface area (Å²) >= 11 is 0. The van der Waals surface area contributed by atoms with Gasteiger partial charge in [-0.05, 0) is 42.7 Å². The Morgan fingerprint density at radius 3 is 2.74 bits per heavy atom. The predicted octanol–water partition coefficient (Wildman–Crippen LogP) is 2.50. The monoisotopic (exact) mass is 364 g/mol. The van der Waals surface area contributed by atoms with Gasteiger partial charge >= 0.3 is 5.63 Å². The summed E-state index contributed by atoms with van der Waals surface area (Å²) in [5.74, 6) is -0.519. The van der Waals surface area contributed by atoms with Crippen LogP contribution in [0, 0.1) is 5.92 Å². The molecule has 1 unspecified atom stereocenters. The van der Waals surface area contributed by atoms with E-state index in [4.69, 9.17) is 4.42 Å². The fourth-order valence-corrected chi connectivity index (χ4v) is 3.34. The first kappa shape index (κ1) is 17.0. The number of nitrogens with one attached hydrogen (secondary N) is 2. The Bertz CT molecular complexity index is 1200. The Morgan fingerprint density at radius 1 is 1.11 bits per heavy atom. The van der Waals surface area contributed by atoms with Crippen LogP contribution in [0.1, 0.15) is 39.8 Å². The summed E-state index contributed by atoms with van der Waals surface area (Å²) in [5, 5.41) is 3.28. The SMILES string of the molecule is CC1CC(=O)c2cc(C(=O)Nc3ccc4oc(=O)ccc4c3)c(=O)[nH]c2C1. The van der Waals surface area contributed by atoms with E-state index >= 15 is 0 Å². The van der Waals surface area contributed by atoms with Gasteiger partial charge in [0.2, 0.25) is 0 Å². The van der Waals surface area contributed by atoms with Crippen LogP contribution >= 0.6 is 0 Å². The number of aromatic nitrogens is 1. The van der Waals surface area contributed by atoms with Gasteiger partial charge in [-0.15, -0.1) is 0 Å². The van der Waals surface area contributed by atoms with Gasteiger partial charge in [0.1, 0.15) is 11.1 Å². The summed E-state index contributed by atoms with van der Waals surface area (Å²) in [6, 6.07) is 9.02. The average Bonchev–Trinajstić information content (AvgIpc) is 2.61. The fourth-order valence-electron chi connectivity index (χ4n) is 3.34. The number of ketones is 1. The van der Waals surface area contributed by atoms with Gasteiger partial charge in [0, 0.05) is 34.8 Å². The summed E-state index contributed by atoms with van der Waals surface area (Å²) in [6.45, 7) is 1.95. The fraction of sp³-hybridized carbons (Fsp3) is 0.200. The van der Waals surface area contributed by atoms with E-state index in [1.165, 1.54) is 12.1 Å². The number of aromatic amines is 1. The Hall–Kier alpha value is -3.48. The highest BCUT2D eigenvalue weighted by Gasteiger charge is 2.25. The number of amides is 1. The van der Waals surface area contributed by atoms with Gasteiger partial charge in [-0.25, -0.2) is 4.79 Å². The molecule has 0 aliphatic heterocycles. The molecule has 27 heavy (non-hydrogen) atoms. The molecule has 4 rings (SSSR count). The molecule has 1 atom stereocenters. The molecule has 7 heteroatoms. The summed E-state index contributed by atoms with van der Waals surface area (Å²) in [7, 11) is 0. The van der Waals surface area contributed by atoms with E-state index in [0.717, 1.165) is 0 Å². The quantitative estimate of drug-likeness (QED) is 0.679. The number of fused-ring (bicyclic) bond motifs is 2. The molecule has 1 amide bonds. The molecule has 7 nitrogen and oxygen atoms in total. The number of H-pyrrole nitrogens is 1. The van der Waals surface area contributed by atoms with E-state index in [1.54, 1.807) is 24.3 Å². The highest BCUT2D eigenvalue weighted by atomic mass is 16.4. The molecule has 0 spiro atoms. The molecule has 3 aromatic rings. The lowest BCUT2D eigenvalue weighted by atomic mass is 9.86. The summed E-state index contributed by atoms with van der Waals surface area (Å²) in [5.41, 5.74) is 0.722. The van der Waals surface area contributed by atoms with Crippen molar-refractivity contribution in [2.45, 2.75) is 19.8 Å². The topological polar surface area (TPSA) is 109 Å². The summed E-state index contributed by atoms with van der Waals surface area (Å²) in [4.78, 5) is 51.0. The molecular formula is C20H16N2O5. The largest absolute Gasteiger partial charge is 0.423 e. The van der Waals surface area contributed by atoms with Gasteiger partial charge in [-0.2, -0.15) is 0 Å². The van der Waals surface area contributed by atoms with E-state index < -0.39 is 17.1 Å². The molecule has 0 radical (unpaired) electrons. The lowest BCUT2D eigenvalue weighted by molar-refractivity contribution is 0.0952. The standard InChI is InChI=1S/C20H16N2O5/c1-10-6-15-13(16(23)7-10)9-14(20(26)22-15)19(25)21-12-3-4-17-11(8-12)2-5-18(24)27-17/h2-5,8-10H,6-7H2,1H3,(H,21,25)(H,22,26). The molecule has 0 fully saturated rings. The van der Waals surface area contributed by atoms with E-state index in [-0.39, 0.29) is 17.3 Å². The maximum absolute atomic E-state index is 12.6. The second-order valence-electron chi connectivity index (χ2n) is 6.80. The third-order valence-electron chi connectivity index (χ3n) is 4.63. The number of rotatable bonds is 2. The van der Waals surface area contributed by atoms with Crippen molar-refractivity contribution < 1.29 is 14.0 Å². The predicted molar refractivity (Wildman–Crippen MR) is 99.3 cm³/mol. The van der Waals surface area contributed by atoms with Crippen LogP contribution in [0.15, 0.2) is 50.4 Å². The third-order valence-corrected chi connectivity index (χ3v) is 4.63. The highest BCUT2D eigenvalue weighted by Crippen LogP contribution is 2.24. The molecule has 2 aromatic heterocycles. The number of benzene rings is 1. The molecule has 0 bridgehead atoms. The van der Waals surface area contributed by atoms with Crippen LogP contribution in [0.2, 0.25) is 0 Å². The molecular weight excluding hydrogens is 348 g/mol. The molecule has 0 saturated heterocycles. The van der Waals surface area contributed by atoms with Crippen LogP contribution in [0.3, 0.4) is 0 Å². The van der Waals surface area contributed by atoms with Crippen LogP contribution in [-0.4, -0.2) is 16.7 Å². The average molecular weight is 364 g/mol. The minimum absolute atomic E-state index is 0.0743. The van der Waals surface area contributed by atoms with Crippen LogP contribution in [0.25, 0.3) is 11.0 Å².